The second kappa shape index (κ2) is 7.16. The van der Waals surface area contributed by atoms with Gasteiger partial charge >= 0.3 is 0 Å². The van der Waals surface area contributed by atoms with E-state index in [-0.39, 0.29) is 5.75 Å². The Balaban J connectivity index is 1.67. The van der Waals surface area contributed by atoms with Crippen LogP contribution in [0.4, 0.5) is 0 Å². The van der Waals surface area contributed by atoms with Gasteiger partial charge < -0.3 is 5.32 Å². The van der Waals surface area contributed by atoms with Crippen molar-refractivity contribution in [2.45, 2.75) is 13.5 Å². The van der Waals surface area contributed by atoms with Crippen LogP contribution in [0.3, 0.4) is 0 Å². The summed E-state index contributed by atoms with van der Waals surface area (Å²) in [5, 5.41) is 7.37. The van der Waals surface area contributed by atoms with Crippen molar-refractivity contribution in [3.63, 3.8) is 0 Å². The van der Waals surface area contributed by atoms with Crippen LogP contribution in [-0.4, -0.2) is 68.1 Å². The normalized spacial score (nSPS) is 17.4. The Kier molecular flexibility index (Phi) is 5.53. The van der Waals surface area contributed by atoms with Crippen molar-refractivity contribution in [3.05, 3.63) is 18.0 Å². The second-order valence-corrected chi connectivity index (χ2v) is 7.01. The van der Waals surface area contributed by atoms with E-state index in [2.05, 4.69) is 20.0 Å². The Bertz CT molecular complexity index is 508. The molecule has 0 spiro atoms. The second-order valence-electron chi connectivity index (χ2n) is 5.09. The minimum absolute atomic E-state index is 0.158. The Labute approximate surface area is 120 Å². The van der Waals surface area contributed by atoms with Crippen LogP contribution in [0.2, 0.25) is 0 Å². The monoisotopic (exact) mass is 301 g/mol. The number of aryl methyl sites for hydroxylation is 1. The van der Waals surface area contributed by atoms with E-state index in [1.807, 2.05) is 13.1 Å². The number of hydrogen-bond donors (Lipinski definition) is 2. The Hall–Kier alpha value is -0.960. The number of rotatable bonds is 7. The van der Waals surface area contributed by atoms with E-state index < -0.39 is 10.0 Å². The maximum absolute atomic E-state index is 11.9. The predicted octanol–water partition coefficient (Wildman–Crippen LogP) is -0.984. The molecular weight excluding hydrogens is 278 g/mol. The van der Waals surface area contributed by atoms with Crippen LogP contribution < -0.4 is 10.0 Å². The summed E-state index contributed by atoms with van der Waals surface area (Å²) >= 11 is 0. The lowest BCUT2D eigenvalue weighted by Gasteiger charge is -2.26. The van der Waals surface area contributed by atoms with Crippen LogP contribution in [0.15, 0.2) is 12.4 Å². The van der Waals surface area contributed by atoms with Crippen molar-refractivity contribution in [2.75, 3.05) is 45.0 Å². The van der Waals surface area contributed by atoms with E-state index in [4.69, 9.17) is 0 Å². The van der Waals surface area contributed by atoms with Gasteiger partial charge in [-0.15, -0.1) is 0 Å². The topological polar surface area (TPSA) is 79.3 Å². The molecule has 0 saturated carbocycles. The lowest BCUT2D eigenvalue weighted by molar-refractivity contribution is 0.253. The highest BCUT2D eigenvalue weighted by Gasteiger charge is 2.14. The van der Waals surface area contributed by atoms with Crippen molar-refractivity contribution in [1.29, 1.82) is 0 Å². The Morgan fingerprint density at radius 2 is 2.10 bits per heavy atom. The summed E-state index contributed by atoms with van der Waals surface area (Å²) in [4.78, 5) is 2.17. The van der Waals surface area contributed by atoms with Crippen molar-refractivity contribution in [1.82, 2.24) is 24.7 Å². The van der Waals surface area contributed by atoms with E-state index >= 15 is 0 Å². The highest BCUT2D eigenvalue weighted by molar-refractivity contribution is 7.89. The summed E-state index contributed by atoms with van der Waals surface area (Å²) in [5.41, 5.74) is 1.08. The van der Waals surface area contributed by atoms with Crippen LogP contribution in [0.1, 0.15) is 5.56 Å². The number of piperazine rings is 1. The van der Waals surface area contributed by atoms with Gasteiger partial charge in [0.25, 0.3) is 0 Å². The third kappa shape index (κ3) is 5.20. The van der Waals surface area contributed by atoms with Gasteiger partial charge in [0.2, 0.25) is 10.0 Å². The third-order valence-electron chi connectivity index (χ3n) is 3.31. The molecule has 20 heavy (non-hydrogen) atoms. The van der Waals surface area contributed by atoms with Gasteiger partial charge in [0, 0.05) is 45.5 Å². The summed E-state index contributed by atoms with van der Waals surface area (Å²) < 4.78 is 28.1. The van der Waals surface area contributed by atoms with Gasteiger partial charge in [-0.2, -0.15) is 5.10 Å². The smallest absolute Gasteiger partial charge is 0.212 e. The summed E-state index contributed by atoms with van der Waals surface area (Å²) in [7, 11) is -3.20. The van der Waals surface area contributed by atoms with E-state index in [9.17, 15) is 8.42 Å². The number of aromatic nitrogens is 2. The molecule has 1 aliphatic rings. The molecule has 1 saturated heterocycles. The first kappa shape index (κ1) is 15.4. The Morgan fingerprint density at radius 3 is 2.75 bits per heavy atom. The molecule has 0 aliphatic carbocycles. The maximum Gasteiger partial charge on any atom is 0.212 e. The van der Waals surface area contributed by atoms with Gasteiger partial charge in [-0.3, -0.25) is 9.58 Å². The van der Waals surface area contributed by atoms with Crippen molar-refractivity contribution < 1.29 is 8.42 Å². The molecule has 2 rings (SSSR count). The molecule has 1 aliphatic heterocycles. The van der Waals surface area contributed by atoms with Crippen LogP contribution >= 0.6 is 0 Å². The molecule has 2 heterocycles. The predicted molar refractivity (Wildman–Crippen MR) is 78.1 cm³/mol. The zero-order chi connectivity index (χ0) is 14.4. The molecule has 1 fully saturated rings. The highest BCUT2D eigenvalue weighted by atomic mass is 32.2. The summed E-state index contributed by atoms with van der Waals surface area (Å²) in [6, 6.07) is 0. The zero-order valence-electron chi connectivity index (χ0n) is 11.9. The molecule has 2 N–H and O–H groups in total. The van der Waals surface area contributed by atoms with Crippen LogP contribution in [0.25, 0.3) is 0 Å². The lowest BCUT2D eigenvalue weighted by atomic mass is 10.4. The molecule has 1 aromatic rings. The summed E-state index contributed by atoms with van der Waals surface area (Å²) in [6.07, 6.45) is 3.66. The first-order valence-corrected chi connectivity index (χ1v) is 8.60. The quantitative estimate of drug-likeness (QED) is 0.676. The molecule has 1 aromatic heterocycles. The van der Waals surface area contributed by atoms with E-state index in [1.165, 1.54) is 0 Å². The van der Waals surface area contributed by atoms with Gasteiger partial charge in [0.15, 0.2) is 0 Å². The fourth-order valence-corrected chi connectivity index (χ4v) is 3.21. The molecule has 0 bridgehead atoms. The SMILES string of the molecule is Cc1cnn(CCNS(=O)(=O)CCN2CCNCC2)c1. The summed E-state index contributed by atoms with van der Waals surface area (Å²) in [5.74, 6) is 0.158. The Morgan fingerprint density at radius 1 is 1.35 bits per heavy atom. The standard InChI is InChI=1S/C12H23N5O2S/c1-12-10-14-17(11-12)7-4-15-20(18,19)9-8-16-5-2-13-3-6-16/h10-11,13,15H,2-9H2,1H3. The molecule has 0 unspecified atom stereocenters. The number of nitrogens with zero attached hydrogens (tertiary/aromatic N) is 3. The fourth-order valence-electron chi connectivity index (χ4n) is 2.16. The minimum Gasteiger partial charge on any atom is -0.314 e. The number of nitrogens with one attached hydrogen (secondary N) is 2. The fraction of sp³-hybridized carbons (Fsp3) is 0.750. The highest BCUT2D eigenvalue weighted by Crippen LogP contribution is 1.96. The van der Waals surface area contributed by atoms with Crippen molar-refractivity contribution in [2.24, 2.45) is 0 Å². The molecule has 0 aromatic carbocycles. The molecule has 0 atom stereocenters. The first-order valence-electron chi connectivity index (χ1n) is 6.95. The van der Waals surface area contributed by atoms with Crippen molar-refractivity contribution in [3.8, 4) is 0 Å². The largest absolute Gasteiger partial charge is 0.314 e. The van der Waals surface area contributed by atoms with Crippen LogP contribution in [-0.2, 0) is 16.6 Å². The van der Waals surface area contributed by atoms with Crippen molar-refractivity contribution >= 4 is 10.0 Å². The molecule has 114 valence electrons. The van der Waals surface area contributed by atoms with E-state index in [0.717, 1.165) is 31.7 Å². The average Bonchev–Trinajstić information content (AvgIpc) is 2.83. The first-order chi connectivity index (χ1) is 9.55. The summed E-state index contributed by atoms with van der Waals surface area (Å²) in [6.45, 7) is 7.20. The van der Waals surface area contributed by atoms with Gasteiger partial charge in [0.1, 0.15) is 0 Å². The van der Waals surface area contributed by atoms with Gasteiger partial charge in [0.05, 0.1) is 18.5 Å². The molecule has 8 heteroatoms. The molecular formula is C12H23N5O2S. The molecule has 0 radical (unpaired) electrons. The van der Waals surface area contributed by atoms with Crippen LogP contribution in [0.5, 0.6) is 0 Å². The number of sulfonamides is 1. The minimum atomic E-state index is -3.20. The number of hydrogen-bond acceptors (Lipinski definition) is 5. The zero-order valence-corrected chi connectivity index (χ0v) is 12.7. The van der Waals surface area contributed by atoms with E-state index in [1.54, 1.807) is 10.9 Å². The maximum atomic E-state index is 11.9. The lowest BCUT2D eigenvalue weighted by Crippen LogP contribution is -2.46. The van der Waals surface area contributed by atoms with Gasteiger partial charge in [-0.1, -0.05) is 0 Å². The van der Waals surface area contributed by atoms with E-state index in [0.29, 0.717) is 19.6 Å². The van der Waals surface area contributed by atoms with Gasteiger partial charge in [-0.05, 0) is 12.5 Å². The van der Waals surface area contributed by atoms with Gasteiger partial charge in [-0.25, -0.2) is 13.1 Å². The van der Waals surface area contributed by atoms with Crippen LogP contribution in [0, 0.1) is 6.92 Å². The third-order valence-corrected chi connectivity index (χ3v) is 4.68. The average molecular weight is 301 g/mol. The molecule has 0 amide bonds. The molecule has 7 nitrogen and oxygen atoms in total.